The second-order valence-corrected chi connectivity index (χ2v) is 5.05. The summed E-state index contributed by atoms with van der Waals surface area (Å²) < 4.78 is 12.3. The van der Waals surface area contributed by atoms with Crippen molar-refractivity contribution in [3.05, 3.63) is 54.4 Å². The van der Waals surface area contributed by atoms with Gasteiger partial charge in [-0.3, -0.25) is 0 Å². The first kappa shape index (κ1) is 15.7. The Kier molecular flexibility index (Phi) is 4.51. The quantitative estimate of drug-likeness (QED) is 0.756. The molecule has 0 aliphatic rings. The number of methoxy groups -OCH3 is 2. The number of rotatable bonds is 5. The molecule has 0 spiro atoms. The molecule has 0 aliphatic carbocycles. The number of urea groups is 1. The molecule has 0 saturated carbocycles. The number of benzene rings is 1. The third-order valence-electron chi connectivity index (χ3n) is 3.60. The first-order chi connectivity index (χ1) is 11.7. The smallest absolute Gasteiger partial charge is 0.319 e. The van der Waals surface area contributed by atoms with Gasteiger partial charge in [-0.25, -0.2) is 9.31 Å². The summed E-state index contributed by atoms with van der Waals surface area (Å²) in [4.78, 5) is 12.2. The van der Waals surface area contributed by atoms with Crippen molar-refractivity contribution >= 4 is 17.2 Å². The summed E-state index contributed by atoms with van der Waals surface area (Å²) in [6.45, 7) is 0.367. The van der Waals surface area contributed by atoms with Crippen LogP contribution in [0.4, 0.5) is 10.5 Å². The average molecular weight is 326 g/mol. The summed E-state index contributed by atoms with van der Waals surface area (Å²) in [6.07, 6.45) is 3.60. The standard InChI is InChI=1S/C17H18N4O3/c1-23-15-8-5-6-13(16(15)24-2)20-17(22)18-10-12-11-19-21-9-4-3-7-14(12)21/h3-9,11H,10H2,1-2H3,(H2,18,20,22). The zero-order valence-electron chi connectivity index (χ0n) is 13.4. The first-order valence-electron chi connectivity index (χ1n) is 7.40. The van der Waals surface area contributed by atoms with Crippen molar-refractivity contribution in [1.82, 2.24) is 14.9 Å². The molecule has 3 aromatic rings. The first-order valence-corrected chi connectivity index (χ1v) is 7.40. The third-order valence-corrected chi connectivity index (χ3v) is 3.60. The fourth-order valence-electron chi connectivity index (χ4n) is 2.45. The van der Waals surface area contributed by atoms with E-state index in [9.17, 15) is 4.79 Å². The van der Waals surface area contributed by atoms with Crippen LogP contribution in [-0.4, -0.2) is 29.9 Å². The molecule has 0 atom stereocenters. The van der Waals surface area contributed by atoms with E-state index in [-0.39, 0.29) is 6.03 Å². The maximum Gasteiger partial charge on any atom is 0.319 e. The van der Waals surface area contributed by atoms with Gasteiger partial charge in [0, 0.05) is 18.3 Å². The maximum absolute atomic E-state index is 12.2. The predicted octanol–water partition coefficient (Wildman–Crippen LogP) is 2.67. The summed E-state index contributed by atoms with van der Waals surface area (Å²) in [6, 6.07) is 10.7. The van der Waals surface area contributed by atoms with E-state index >= 15 is 0 Å². The SMILES string of the molecule is COc1cccc(NC(=O)NCc2cnn3ccccc23)c1OC. The van der Waals surface area contributed by atoms with Gasteiger partial charge in [-0.1, -0.05) is 12.1 Å². The minimum atomic E-state index is -0.336. The molecule has 7 nitrogen and oxygen atoms in total. The lowest BCUT2D eigenvalue weighted by Gasteiger charge is -2.13. The summed E-state index contributed by atoms with van der Waals surface area (Å²) in [5, 5.41) is 9.82. The van der Waals surface area contributed by atoms with Crippen LogP contribution in [-0.2, 0) is 6.54 Å². The molecular weight excluding hydrogens is 308 g/mol. The Hall–Kier alpha value is -3.22. The Labute approximate surface area is 139 Å². The molecule has 7 heteroatoms. The fourth-order valence-corrected chi connectivity index (χ4v) is 2.45. The van der Waals surface area contributed by atoms with E-state index < -0.39 is 0 Å². The number of carbonyl (C=O) groups excluding carboxylic acids is 1. The van der Waals surface area contributed by atoms with Gasteiger partial charge in [0.05, 0.1) is 31.6 Å². The fraction of sp³-hybridized carbons (Fsp3) is 0.176. The van der Waals surface area contributed by atoms with E-state index in [2.05, 4.69) is 15.7 Å². The number of hydrogen-bond donors (Lipinski definition) is 2. The number of hydrogen-bond acceptors (Lipinski definition) is 4. The van der Waals surface area contributed by atoms with Gasteiger partial charge in [-0.15, -0.1) is 0 Å². The van der Waals surface area contributed by atoms with E-state index in [4.69, 9.17) is 9.47 Å². The molecule has 0 radical (unpaired) electrons. The van der Waals surface area contributed by atoms with Crippen molar-refractivity contribution < 1.29 is 14.3 Å². The highest BCUT2D eigenvalue weighted by Gasteiger charge is 2.12. The number of carbonyl (C=O) groups is 1. The van der Waals surface area contributed by atoms with E-state index in [1.165, 1.54) is 7.11 Å². The van der Waals surface area contributed by atoms with Crippen molar-refractivity contribution in [2.75, 3.05) is 19.5 Å². The van der Waals surface area contributed by atoms with Crippen LogP contribution >= 0.6 is 0 Å². The van der Waals surface area contributed by atoms with Crippen LogP contribution in [0.1, 0.15) is 5.56 Å². The summed E-state index contributed by atoms with van der Waals surface area (Å²) in [7, 11) is 3.08. The lowest BCUT2D eigenvalue weighted by atomic mass is 10.2. The predicted molar refractivity (Wildman–Crippen MR) is 90.6 cm³/mol. The largest absolute Gasteiger partial charge is 0.493 e. The van der Waals surface area contributed by atoms with Crippen molar-refractivity contribution in [3.8, 4) is 11.5 Å². The summed E-state index contributed by atoms with van der Waals surface area (Å²) in [5.41, 5.74) is 2.43. The zero-order valence-corrected chi connectivity index (χ0v) is 13.4. The molecule has 0 saturated heterocycles. The normalized spacial score (nSPS) is 10.4. The highest BCUT2D eigenvalue weighted by Crippen LogP contribution is 2.34. The summed E-state index contributed by atoms with van der Waals surface area (Å²) >= 11 is 0. The van der Waals surface area contributed by atoms with Gasteiger partial charge in [0.25, 0.3) is 0 Å². The van der Waals surface area contributed by atoms with Crippen molar-refractivity contribution in [2.45, 2.75) is 6.54 Å². The van der Waals surface area contributed by atoms with Crippen LogP contribution in [0, 0.1) is 0 Å². The van der Waals surface area contributed by atoms with Gasteiger partial charge in [-0.05, 0) is 24.3 Å². The number of nitrogens with one attached hydrogen (secondary N) is 2. The van der Waals surface area contributed by atoms with Gasteiger partial charge in [0.1, 0.15) is 0 Å². The Morgan fingerprint density at radius 2 is 2.04 bits per heavy atom. The molecule has 24 heavy (non-hydrogen) atoms. The number of para-hydroxylation sites is 1. The van der Waals surface area contributed by atoms with Crippen LogP contribution in [0.3, 0.4) is 0 Å². The van der Waals surface area contributed by atoms with Crippen molar-refractivity contribution in [1.29, 1.82) is 0 Å². The minimum Gasteiger partial charge on any atom is -0.493 e. The molecule has 124 valence electrons. The molecule has 0 unspecified atom stereocenters. The highest BCUT2D eigenvalue weighted by molar-refractivity contribution is 5.91. The average Bonchev–Trinajstić information content (AvgIpc) is 3.03. The van der Waals surface area contributed by atoms with Gasteiger partial charge in [0.15, 0.2) is 11.5 Å². The van der Waals surface area contributed by atoms with Crippen LogP contribution in [0.5, 0.6) is 11.5 Å². The lowest BCUT2D eigenvalue weighted by molar-refractivity contribution is 0.251. The second-order valence-electron chi connectivity index (χ2n) is 5.05. The maximum atomic E-state index is 12.2. The number of nitrogens with zero attached hydrogens (tertiary/aromatic N) is 2. The zero-order chi connectivity index (χ0) is 16.9. The highest BCUT2D eigenvalue weighted by atomic mass is 16.5. The summed E-state index contributed by atoms with van der Waals surface area (Å²) in [5.74, 6) is 1.03. The number of aromatic nitrogens is 2. The second kappa shape index (κ2) is 6.91. The monoisotopic (exact) mass is 326 g/mol. The third kappa shape index (κ3) is 3.10. The number of amides is 2. The topological polar surface area (TPSA) is 76.9 Å². The van der Waals surface area contributed by atoms with Gasteiger partial charge >= 0.3 is 6.03 Å². The van der Waals surface area contributed by atoms with Crippen LogP contribution in [0.2, 0.25) is 0 Å². The van der Waals surface area contributed by atoms with Gasteiger partial charge < -0.3 is 20.1 Å². The number of fused-ring (bicyclic) bond motifs is 1. The molecule has 2 amide bonds. The Balaban J connectivity index is 1.68. The number of pyridine rings is 1. The Morgan fingerprint density at radius 1 is 1.17 bits per heavy atom. The van der Waals surface area contributed by atoms with Crippen LogP contribution in [0.15, 0.2) is 48.8 Å². The lowest BCUT2D eigenvalue weighted by Crippen LogP contribution is -2.28. The molecule has 0 fully saturated rings. The van der Waals surface area contributed by atoms with Crippen LogP contribution < -0.4 is 20.1 Å². The number of anilines is 1. The van der Waals surface area contributed by atoms with Crippen molar-refractivity contribution in [3.63, 3.8) is 0 Å². The van der Waals surface area contributed by atoms with Gasteiger partial charge in [0.2, 0.25) is 0 Å². The Morgan fingerprint density at radius 3 is 2.83 bits per heavy atom. The number of ether oxygens (including phenoxy) is 2. The van der Waals surface area contributed by atoms with Crippen molar-refractivity contribution in [2.24, 2.45) is 0 Å². The van der Waals surface area contributed by atoms with E-state index in [0.29, 0.717) is 23.7 Å². The van der Waals surface area contributed by atoms with E-state index in [1.807, 2.05) is 24.4 Å². The van der Waals surface area contributed by atoms with Crippen LogP contribution in [0.25, 0.3) is 5.52 Å². The molecule has 2 N–H and O–H groups in total. The molecular formula is C17H18N4O3. The Bertz CT molecular complexity index is 860. The molecule has 0 aliphatic heterocycles. The van der Waals surface area contributed by atoms with Gasteiger partial charge in [-0.2, -0.15) is 5.10 Å². The molecule has 1 aromatic carbocycles. The molecule has 2 heterocycles. The molecule has 0 bridgehead atoms. The van der Waals surface area contributed by atoms with E-state index in [1.54, 1.807) is 36.0 Å². The molecule has 2 aromatic heterocycles. The molecule has 3 rings (SSSR count). The minimum absolute atomic E-state index is 0.336. The van der Waals surface area contributed by atoms with E-state index in [0.717, 1.165) is 11.1 Å².